The molecule has 1 aliphatic heterocycles. The van der Waals surface area contributed by atoms with Crippen LogP contribution < -0.4 is 4.90 Å². The Morgan fingerprint density at radius 3 is 2.77 bits per heavy atom. The van der Waals surface area contributed by atoms with Crippen LogP contribution in [-0.2, 0) is 6.42 Å². The number of benzene rings is 1. The summed E-state index contributed by atoms with van der Waals surface area (Å²) in [5, 5.41) is 4.39. The second kappa shape index (κ2) is 6.09. The molecular weight excluding hydrogens is 324 g/mol. The molecule has 0 unspecified atom stereocenters. The zero-order chi connectivity index (χ0) is 17.5. The molecule has 1 aromatic carbocycles. The molecule has 5 nitrogen and oxygen atoms in total. The SMILES string of the molecule is O=C(c1ccnc(C2CC2)c1)N1C[C@@H](n2cccn2)Cc2ccccc21. The van der Waals surface area contributed by atoms with Gasteiger partial charge in [0.25, 0.3) is 5.91 Å². The van der Waals surface area contributed by atoms with Crippen molar-refractivity contribution in [3.8, 4) is 0 Å². The maximum atomic E-state index is 13.3. The van der Waals surface area contributed by atoms with Crippen LogP contribution >= 0.6 is 0 Å². The normalized spacial score (nSPS) is 19.2. The summed E-state index contributed by atoms with van der Waals surface area (Å²) < 4.78 is 1.96. The van der Waals surface area contributed by atoms with E-state index in [4.69, 9.17) is 0 Å². The van der Waals surface area contributed by atoms with E-state index >= 15 is 0 Å². The minimum absolute atomic E-state index is 0.0404. The topological polar surface area (TPSA) is 51.0 Å². The van der Waals surface area contributed by atoms with E-state index in [2.05, 4.69) is 16.1 Å². The first-order chi connectivity index (χ1) is 12.8. The smallest absolute Gasteiger partial charge is 0.258 e. The fourth-order valence-electron chi connectivity index (χ4n) is 3.78. The second-order valence-corrected chi connectivity index (χ2v) is 7.13. The number of hydrogen-bond donors (Lipinski definition) is 0. The first-order valence-corrected chi connectivity index (χ1v) is 9.14. The molecule has 0 spiro atoms. The number of anilines is 1. The summed E-state index contributed by atoms with van der Waals surface area (Å²) in [6.45, 7) is 0.624. The zero-order valence-electron chi connectivity index (χ0n) is 14.5. The number of hydrogen-bond acceptors (Lipinski definition) is 3. The van der Waals surface area contributed by atoms with Gasteiger partial charge in [0, 0.05) is 48.0 Å². The van der Waals surface area contributed by atoms with Crippen molar-refractivity contribution in [1.82, 2.24) is 14.8 Å². The molecule has 0 N–H and O–H groups in total. The van der Waals surface area contributed by atoms with E-state index in [1.807, 2.05) is 52.2 Å². The first kappa shape index (κ1) is 15.3. The molecule has 1 atom stereocenters. The summed E-state index contributed by atoms with van der Waals surface area (Å²) in [6.07, 6.45) is 8.76. The van der Waals surface area contributed by atoms with E-state index in [1.165, 1.54) is 18.4 Å². The van der Waals surface area contributed by atoms with Gasteiger partial charge in [-0.3, -0.25) is 14.5 Å². The Balaban J connectivity index is 1.51. The molecule has 0 bridgehead atoms. The zero-order valence-corrected chi connectivity index (χ0v) is 14.5. The lowest BCUT2D eigenvalue weighted by Crippen LogP contribution is -2.41. The van der Waals surface area contributed by atoms with Gasteiger partial charge < -0.3 is 4.90 Å². The fourth-order valence-corrected chi connectivity index (χ4v) is 3.78. The highest BCUT2D eigenvalue weighted by atomic mass is 16.2. The molecule has 1 amide bonds. The molecular formula is C21H20N4O. The number of rotatable bonds is 3. The minimum atomic E-state index is 0.0404. The number of fused-ring (bicyclic) bond motifs is 1. The maximum absolute atomic E-state index is 13.3. The Labute approximate surface area is 152 Å². The number of carbonyl (C=O) groups is 1. The van der Waals surface area contributed by atoms with Crippen LogP contribution in [0, 0.1) is 0 Å². The van der Waals surface area contributed by atoms with Gasteiger partial charge in [-0.1, -0.05) is 18.2 Å². The number of nitrogens with zero attached hydrogens (tertiary/aromatic N) is 4. The van der Waals surface area contributed by atoms with Gasteiger partial charge in [0.1, 0.15) is 0 Å². The number of para-hydroxylation sites is 1. The van der Waals surface area contributed by atoms with Gasteiger partial charge in [-0.2, -0.15) is 5.10 Å². The van der Waals surface area contributed by atoms with Gasteiger partial charge in [-0.05, 0) is 49.1 Å². The number of pyridine rings is 1. The third-order valence-electron chi connectivity index (χ3n) is 5.30. The van der Waals surface area contributed by atoms with Crippen molar-refractivity contribution < 1.29 is 4.79 Å². The molecule has 0 saturated heterocycles. The Hall–Kier alpha value is -2.95. The van der Waals surface area contributed by atoms with E-state index < -0.39 is 0 Å². The lowest BCUT2D eigenvalue weighted by atomic mass is 9.97. The summed E-state index contributed by atoms with van der Waals surface area (Å²) >= 11 is 0. The third kappa shape index (κ3) is 2.69. The van der Waals surface area contributed by atoms with Crippen LogP contribution in [0.4, 0.5) is 5.69 Å². The Morgan fingerprint density at radius 2 is 1.96 bits per heavy atom. The molecule has 26 heavy (non-hydrogen) atoms. The number of carbonyl (C=O) groups excluding carboxylic acids is 1. The van der Waals surface area contributed by atoms with Gasteiger partial charge in [0.15, 0.2) is 0 Å². The van der Waals surface area contributed by atoms with Crippen LogP contribution in [0.5, 0.6) is 0 Å². The molecule has 5 rings (SSSR count). The fraction of sp³-hybridized carbons (Fsp3) is 0.286. The Morgan fingerprint density at radius 1 is 1.08 bits per heavy atom. The summed E-state index contributed by atoms with van der Waals surface area (Å²) in [5.41, 5.74) is 3.96. The van der Waals surface area contributed by atoms with Crippen molar-refractivity contribution in [2.75, 3.05) is 11.4 Å². The monoisotopic (exact) mass is 344 g/mol. The third-order valence-corrected chi connectivity index (χ3v) is 5.30. The molecule has 1 aliphatic carbocycles. The van der Waals surface area contributed by atoms with Gasteiger partial charge >= 0.3 is 0 Å². The predicted octanol–water partition coefficient (Wildman–Crippen LogP) is 3.60. The highest BCUT2D eigenvalue weighted by molar-refractivity contribution is 6.06. The summed E-state index contributed by atoms with van der Waals surface area (Å²) in [6, 6.07) is 14.0. The van der Waals surface area contributed by atoms with Crippen LogP contribution in [-0.4, -0.2) is 27.2 Å². The van der Waals surface area contributed by atoms with E-state index in [9.17, 15) is 4.79 Å². The number of amides is 1. The van der Waals surface area contributed by atoms with Crippen molar-refractivity contribution in [1.29, 1.82) is 0 Å². The number of aromatic nitrogens is 3. The van der Waals surface area contributed by atoms with Crippen molar-refractivity contribution in [2.24, 2.45) is 0 Å². The Bertz CT molecular complexity index is 946. The largest absolute Gasteiger partial charge is 0.306 e. The quantitative estimate of drug-likeness (QED) is 0.729. The first-order valence-electron chi connectivity index (χ1n) is 9.14. The molecule has 0 radical (unpaired) electrons. The summed E-state index contributed by atoms with van der Waals surface area (Å²) in [5.74, 6) is 0.576. The molecule has 2 aliphatic rings. The average molecular weight is 344 g/mol. The average Bonchev–Trinajstić information content (AvgIpc) is 3.41. The van der Waals surface area contributed by atoms with E-state index in [1.54, 1.807) is 12.4 Å². The molecule has 2 aromatic heterocycles. The molecule has 1 fully saturated rings. The van der Waals surface area contributed by atoms with Gasteiger partial charge in [0.2, 0.25) is 0 Å². The Kier molecular flexibility index (Phi) is 3.59. The van der Waals surface area contributed by atoms with Gasteiger partial charge in [0.05, 0.1) is 6.04 Å². The highest BCUT2D eigenvalue weighted by Crippen LogP contribution is 2.39. The predicted molar refractivity (Wildman–Crippen MR) is 99.3 cm³/mol. The molecule has 1 saturated carbocycles. The molecule has 5 heteroatoms. The van der Waals surface area contributed by atoms with Crippen LogP contribution in [0.2, 0.25) is 0 Å². The highest BCUT2D eigenvalue weighted by Gasteiger charge is 2.31. The summed E-state index contributed by atoms with van der Waals surface area (Å²) in [4.78, 5) is 19.7. The maximum Gasteiger partial charge on any atom is 0.258 e. The van der Waals surface area contributed by atoms with Crippen LogP contribution in [0.25, 0.3) is 0 Å². The molecule has 3 aromatic rings. The lowest BCUT2D eigenvalue weighted by molar-refractivity contribution is 0.0979. The van der Waals surface area contributed by atoms with Gasteiger partial charge in [-0.25, -0.2) is 0 Å². The van der Waals surface area contributed by atoms with Crippen molar-refractivity contribution in [3.05, 3.63) is 77.9 Å². The van der Waals surface area contributed by atoms with Crippen LogP contribution in [0.1, 0.15) is 46.4 Å². The standard InChI is InChI=1S/C21H20N4O/c26-21(17-8-10-22-19(13-17)15-6-7-15)24-14-18(25-11-3-9-23-25)12-16-4-1-2-5-20(16)24/h1-5,8-11,13,15,18H,6-7,12,14H2/t18-/m0/s1. The molecule has 130 valence electrons. The van der Waals surface area contributed by atoms with E-state index in [0.29, 0.717) is 12.5 Å². The van der Waals surface area contributed by atoms with E-state index in [-0.39, 0.29) is 11.9 Å². The van der Waals surface area contributed by atoms with Crippen molar-refractivity contribution in [2.45, 2.75) is 31.2 Å². The van der Waals surface area contributed by atoms with Gasteiger partial charge in [-0.15, -0.1) is 0 Å². The summed E-state index contributed by atoms with van der Waals surface area (Å²) in [7, 11) is 0. The van der Waals surface area contributed by atoms with E-state index in [0.717, 1.165) is 23.4 Å². The minimum Gasteiger partial charge on any atom is -0.306 e. The van der Waals surface area contributed by atoms with Crippen LogP contribution in [0.15, 0.2) is 61.1 Å². The van der Waals surface area contributed by atoms with Crippen LogP contribution in [0.3, 0.4) is 0 Å². The lowest BCUT2D eigenvalue weighted by Gasteiger charge is -2.34. The second-order valence-electron chi connectivity index (χ2n) is 7.13. The molecule has 3 heterocycles. The van der Waals surface area contributed by atoms with Crippen molar-refractivity contribution in [3.63, 3.8) is 0 Å². The van der Waals surface area contributed by atoms with Crippen molar-refractivity contribution >= 4 is 11.6 Å².